The van der Waals surface area contributed by atoms with Crippen molar-refractivity contribution in [2.75, 3.05) is 0 Å². The van der Waals surface area contributed by atoms with Gasteiger partial charge in [0.1, 0.15) is 6.10 Å². The van der Waals surface area contributed by atoms with Crippen molar-refractivity contribution in [3.05, 3.63) is 47.5 Å². The van der Waals surface area contributed by atoms with E-state index in [4.69, 9.17) is 4.74 Å². The summed E-state index contributed by atoms with van der Waals surface area (Å²) in [5.41, 5.74) is 3.16. The van der Waals surface area contributed by atoms with Crippen molar-refractivity contribution in [3.8, 4) is 0 Å². The number of unbranched alkanes of at least 4 members (excludes halogenated alkanes) is 19. The van der Waals surface area contributed by atoms with Crippen LogP contribution in [0.3, 0.4) is 0 Å². The van der Waals surface area contributed by atoms with E-state index < -0.39 is 0 Å². The summed E-state index contributed by atoms with van der Waals surface area (Å²) in [6, 6.07) is 8.37. The van der Waals surface area contributed by atoms with Crippen LogP contribution in [0.5, 0.6) is 0 Å². The minimum atomic E-state index is -0.195. The van der Waals surface area contributed by atoms with Gasteiger partial charge in [-0.15, -0.1) is 0 Å². The van der Waals surface area contributed by atoms with Gasteiger partial charge in [-0.1, -0.05) is 160 Å². The quantitative estimate of drug-likeness (QED) is 0.0831. The minimum Gasteiger partial charge on any atom is -0.454 e. The molecule has 210 valence electrons. The summed E-state index contributed by atoms with van der Waals surface area (Å²) in [6.07, 6.45) is 31.5. The summed E-state index contributed by atoms with van der Waals surface area (Å²) in [6.45, 7) is 6.31. The SMILES string of the molecule is C=C(CCCCCCCCCCCCCCCCCCCCCC)C(=O)OC1CCCc2ccccc21. The van der Waals surface area contributed by atoms with Gasteiger partial charge in [-0.2, -0.15) is 0 Å². The first-order chi connectivity index (χ1) is 18.2. The fraction of sp³-hybridized carbons (Fsp3) is 0.743. The van der Waals surface area contributed by atoms with Gasteiger partial charge in [-0.3, -0.25) is 0 Å². The Balaban J connectivity index is 1.33. The maximum atomic E-state index is 12.5. The van der Waals surface area contributed by atoms with E-state index in [-0.39, 0.29) is 12.1 Å². The smallest absolute Gasteiger partial charge is 0.334 e. The second kappa shape index (κ2) is 21.4. The van der Waals surface area contributed by atoms with E-state index in [1.807, 2.05) is 6.07 Å². The fourth-order valence-corrected chi connectivity index (χ4v) is 5.74. The predicted molar refractivity (Wildman–Crippen MR) is 160 cm³/mol. The lowest BCUT2D eigenvalue weighted by Gasteiger charge is -2.25. The van der Waals surface area contributed by atoms with E-state index in [2.05, 4.69) is 31.7 Å². The summed E-state index contributed by atoms with van der Waals surface area (Å²) in [5, 5.41) is 0. The Bertz CT molecular complexity index is 722. The fourth-order valence-electron chi connectivity index (χ4n) is 5.74. The van der Waals surface area contributed by atoms with Crippen molar-refractivity contribution in [2.45, 2.75) is 167 Å². The van der Waals surface area contributed by atoms with Crippen LogP contribution in [-0.2, 0) is 16.0 Å². The molecule has 0 N–H and O–H groups in total. The zero-order chi connectivity index (χ0) is 26.4. The number of rotatable bonds is 23. The molecule has 0 amide bonds. The van der Waals surface area contributed by atoms with Crippen molar-refractivity contribution in [1.82, 2.24) is 0 Å². The number of ether oxygens (including phenoxy) is 1. The Morgan fingerprint density at radius 3 is 1.70 bits per heavy atom. The average Bonchev–Trinajstić information content (AvgIpc) is 2.92. The zero-order valence-electron chi connectivity index (χ0n) is 24.4. The minimum absolute atomic E-state index is 0.0934. The number of carbonyl (C=O) groups is 1. The predicted octanol–water partition coefficient (Wildman–Crippen LogP) is 11.4. The van der Waals surface area contributed by atoms with Crippen LogP contribution in [0.1, 0.15) is 172 Å². The molecule has 0 bridgehead atoms. The third-order valence-corrected chi connectivity index (χ3v) is 8.18. The molecule has 2 heteroatoms. The molecule has 0 fully saturated rings. The number of carbonyl (C=O) groups excluding carboxylic acids is 1. The van der Waals surface area contributed by atoms with Gasteiger partial charge in [0.2, 0.25) is 0 Å². The number of aryl methyl sites for hydroxylation is 1. The van der Waals surface area contributed by atoms with Crippen molar-refractivity contribution in [1.29, 1.82) is 0 Å². The molecule has 1 aromatic carbocycles. The zero-order valence-corrected chi connectivity index (χ0v) is 24.4. The van der Waals surface area contributed by atoms with Crippen LogP contribution >= 0.6 is 0 Å². The Kier molecular flexibility index (Phi) is 18.3. The van der Waals surface area contributed by atoms with E-state index in [1.54, 1.807) is 0 Å². The maximum absolute atomic E-state index is 12.5. The van der Waals surface area contributed by atoms with Gasteiger partial charge >= 0.3 is 5.97 Å². The van der Waals surface area contributed by atoms with Crippen LogP contribution in [0.25, 0.3) is 0 Å². The van der Waals surface area contributed by atoms with Gasteiger partial charge < -0.3 is 4.74 Å². The molecule has 0 aliphatic heterocycles. The number of benzene rings is 1. The largest absolute Gasteiger partial charge is 0.454 e. The second-order valence-corrected chi connectivity index (χ2v) is 11.6. The highest BCUT2D eigenvalue weighted by atomic mass is 16.5. The average molecular weight is 511 g/mol. The van der Waals surface area contributed by atoms with Gasteiger partial charge in [-0.25, -0.2) is 4.79 Å². The summed E-state index contributed by atoms with van der Waals surface area (Å²) < 4.78 is 5.84. The lowest BCUT2D eigenvalue weighted by molar-refractivity contribution is -0.145. The number of hydrogen-bond acceptors (Lipinski definition) is 2. The van der Waals surface area contributed by atoms with Gasteiger partial charge in [0.05, 0.1) is 0 Å². The molecule has 1 atom stereocenters. The molecule has 1 aliphatic carbocycles. The molecular weight excluding hydrogens is 452 g/mol. The lowest BCUT2D eigenvalue weighted by atomic mass is 9.89. The van der Waals surface area contributed by atoms with E-state index in [0.29, 0.717) is 5.57 Å². The van der Waals surface area contributed by atoms with E-state index in [1.165, 1.54) is 133 Å². The Labute approximate surface area is 230 Å². The van der Waals surface area contributed by atoms with E-state index in [9.17, 15) is 4.79 Å². The number of esters is 1. The molecule has 0 saturated heterocycles. The molecule has 2 rings (SSSR count). The van der Waals surface area contributed by atoms with Crippen molar-refractivity contribution >= 4 is 5.97 Å². The Hall–Kier alpha value is -1.57. The Morgan fingerprint density at radius 1 is 0.730 bits per heavy atom. The van der Waals surface area contributed by atoms with Gasteiger partial charge in [0, 0.05) is 5.57 Å². The lowest BCUT2D eigenvalue weighted by Crippen LogP contribution is -2.17. The molecule has 1 aliphatic rings. The molecule has 2 nitrogen and oxygen atoms in total. The van der Waals surface area contributed by atoms with E-state index >= 15 is 0 Å². The van der Waals surface area contributed by atoms with Crippen LogP contribution in [0.15, 0.2) is 36.4 Å². The van der Waals surface area contributed by atoms with Crippen molar-refractivity contribution in [3.63, 3.8) is 0 Å². The molecule has 1 aromatic rings. The highest BCUT2D eigenvalue weighted by molar-refractivity contribution is 5.87. The normalized spacial score (nSPS) is 14.9. The summed E-state index contributed by atoms with van der Waals surface area (Å²) >= 11 is 0. The van der Waals surface area contributed by atoms with Gasteiger partial charge in [0.15, 0.2) is 0 Å². The highest BCUT2D eigenvalue weighted by Crippen LogP contribution is 2.33. The first kappa shape index (κ1) is 31.6. The van der Waals surface area contributed by atoms with Crippen LogP contribution in [0.2, 0.25) is 0 Å². The topological polar surface area (TPSA) is 26.3 Å². The van der Waals surface area contributed by atoms with Gasteiger partial charge in [0.25, 0.3) is 0 Å². The van der Waals surface area contributed by atoms with Crippen LogP contribution in [0, 0.1) is 0 Å². The van der Waals surface area contributed by atoms with Crippen molar-refractivity contribution in [2.24, 2.45) is 0 Å². The summed E-state index contributed by atoms with van der Waals surface area (Å²) in [7, 11) is 0. The maximum Gasteiger partial charge on any atom is 0.334 e. The highest BCUT2D eigenvalue weighted by Gasteiger charge is 2.24. The molecule has 1 unspecified atom stereocenters. The van der Waals surface area contributed by atoms with Crippen LogP contribution in [0.4, 0.5) is 0 Å². The molecule has 37 heavy (non-hydrogen) atoms. The first-order valence-corrected chi connectivity index (χ1v) is 16.2. The van der Waals surface area contributed by atoms with Crippen molar-refractivity contribution < 1.29 is 9.53 Å². The van der Waals surface area contributed by atoms with Gasteiger partial charge in [-0.05, 0) is 43.2 Å². The molecule has 0 aromatic heterocycles. The molecule has 0 radical (unpaired) electrons. The molecule has 0 saturated carbocycles. The third kappa shape index (κ3) is 14.8. The molecule has 0 heterocycles. The Morgan fingerprint density at radius 2 is 1.19 bits per heavy atom. The number of fused-ring (bicyclic) bond motifs is 1. The van der Waals surface area contributed by atoms with Crippen LogP contribution in [-0.4, -0.2) is 5.97 Å². The number of hydrogen-bond donors (Lipinski definition) is 0. The molecule has 0 spiro atoms. The van der Waals surface area contributed by atoms with E-state index in [0.717, 1.165) is 32.1 Å². The van der Waals surface area contributed by atoms with Crippen LogP contribution < -0.4 is 0 Å². The summed E-state index contributed by atoms with van der Waals surface area (Å²) in [5.74, 6) is -0.195. The third-order valence-electron chi connectivity index (χ3n) is 8.18. The summed E-state index contributed by atoms with van der Waals surface area (Å²) in [4.78, 5) is 12.5. The monoisotopic (exact) mass is 510 g/mol. The molecular formula is C35H58O2. The second-order valence-electron chi connectivity index (χ2n) is 11.6. The first-order valence-electron chi connectivity index (χ1n) is 16.2. The standard InChI is InChI=1S/C35H58O2/c1-3-4-5-6-7-8-9-10-11-12-13-14-15-16-17-18-19-20-21-22-26-31(2)35(36)37-34-30-25-28-32-27-23-24-29-33(32)34/h23-24,27,29,34H,2-22,25-26,28,30H2,1H3.